The molecular weight excluding hydrogens is 238 g/mol. The Morgan fingerprint density at radius 2 is 1.79 bits per heavy atom. The Balaban J connectivity index is 2.12. The molecule has 0 spiro atoms. The zero-order valence-electron chi connectivity index (χ0n) is 9.95. The molecule has 0 radical (unpaired) electrons. The zero-order chi connectivity index (χ0) is 12.7. The molecule has 0 aliphatic heterocycles. The summed E-state index contributed by atoms with van der Waals surface area (Å²) >= 11 is 0. The highest BCUT2D eigenvalue weighted by atomic mass is 16.5. The largest absolute Gasteiger partial charge is 0.345 e. The predicted molar refractivity (Wildman–Crippen MR) is 72.5 cm³/mol. The highest BCUT2D eigenvalue weighted by molar-refractivity contribution is 6.00. The highest BCUT2D eigenvalue weighted by Crippen LogP contribution is 2.28. The molecule has 90 valence electrons. The average molecular weight is 247 g/mol. The Labute approximate surface area is 108 Å². The molecule has 0 fully saturated rings. The smallest absolute Gasteiger partial charge is 0.152 e. The van der Waals surface area contributed by atoms with E-state index in [1.165, 1.54) is 0 Å². The van der Waals surface area contributed by atoms with Crippen LogP contribution in [0, 0.1) is 0 Å². The van der Waals surface area contributed by atoms with E-state index in [1.807, 2.05) is 36.4 Å². The lowest BCUT2D eigenvalue weighted by Crippen LogP contribution is -1.86. The molecule has 0 atom stereocenters. The fraction of sp³-hybridized carbons (Fsp3) is 0. The van der Waals surface area contributed by atoms with Crippen LogP contribution in [0.4, 0.5) is 0 Å². The van der Waals surface area contributed by atoms with E-state index in [-0.39, 0.29) is 0 Å². The van der Waals surface area contributed by atoms with Crippen LogP contribution < -0.4 is 0 Å². The van der Waals surface area contributed by atoms with E-state index >= 15 is 0 Å². The van der Waals surface area contributed by atoms with Gasteiger partial charge in [-0.1, -0.05) is 30.3 Å². The highest BCUT2D eigenvalue weighted by Gasteiger charge is 2.08. The Kier molecular flexibility index (Phi) is 2.08. The third kappa shape index (κ3) is 1.57. The van der Waals surface area contributed by atoms with Gasteiger partial charge in [0.15, 0.2) is 6.26 Å². The molecule has 0 amide bonds. The van der Waals surface area contributed by atoms with Crippen molar-refractivity contribution < 1.29 is 4.52 Å². The van der Waals surface area contributed by atoms with E-state index < -0.39 is 0 Å². The Hall–Kier alpha value is -2.75. The molecule has 0 unspecified atom stereocenters. The average Bonchev–Trinajstić information content (AvgIpc) is 2.98. The van der Waals surface area contributed by atoms with Crippen molar-refractivity contribution in [1.82, 2.24) is 15.4 Å². The Morgan fingerprint density at radius 3 is 2.68 bits per heavy atom. The zero-order valence-corrected chi connectivity index (χ0v) is 9.95. The van der Waals surface area contributed by atoms with Crippen molar-refractivity contribution in [3.8, 4) is 11.3 Å². The molecule has 0 bridgehead atoms. The SMILES string of the molecule is c1ccc2nc3cccc(-c4conn4)c3cc2c1. The molecule has 2 aromatic carbocycles. The van der Waals surface area contributed by atoms with E-state index in [9.17, 15) is 0 Å². The number of hydrogen-bond donors (Lipinski definition) is 0. The van der Waals surface area contributed by atoms with Crippen LogP contribution in [-0.2, 0) is 0 Å². The fourth-order valence-electron chi connectivity index (χ4n) is 2.30. The lowest BCUT2D eigenvalue weighted by molar-refractivity contribution is 0.393. The first-order valence-corrected chi connectivity index (χ1v) is 5.98. The molecular formula is C15H9N3O. The molecule has 4 aromatic rings. The second-order valence-electron chi connectivity index (χ2n) is 4.34. The third-order valence-electron chi connectivity index (χ3n) is 3.20. The topological polar surface area (TPSA) is 51.8 Å². The number of rotatable bonds is 1. The van der Waals surface area contributed by atoms with E-state index in [1.54, 1.807) is 6.26 Å². The van der Waals surface area contributed by atoms with Crippen LogP contribution in [0.3, 0.4) is 0 Å². The summed E-state index contributed by atoms with van der Waals surface area (Å²) in [4.78, 5) is 4.67. The second-order valence-corrected chi connectivity index (χ2v) is 4.34. The number of hydrogen-bond acceptors (Lipinski definition) is 4. The normalized spacial score (nSPS) is 11.2. The van der Waals surface area contributed by atoms with Crippen LogP contribution in [0.5, 0.6) is 0 Å². The van der Waals surface area contributed by atoms with Gasteiger partial charge in [0, 0.05) is 21.6 Å². The summed E-state index contributed by atoms with van der Waals surface area (Å²) in [5.74, 6) is 0. The van der Waals surface area contributed by atoms with Gasteiger partial charge in [-0.2, -0.15) is 0 Å². The third-order valence-corrected chi connectivity index (χ3v) is 3.20. The lowest BCUT2D eigenvalue weighted by atomic mass is 10.0. The van der Waals surface area contributed by atoms with Gasteiger partial charge in [-0.15, -0.1) is 5.10 Å². The number of benzene rings is 2. The molecule has 4 nitrogen and oxygen atoms in total. The number of fused-ring (bicyclic) bond motifs is 2. The summed E-state index contributed by atoms with van der Waals surface area (Å²) in [5, 5.41) is 9.66. The Morgan fingerprint density at radius 1 is 0.895 bits per heavy atom. The van der Waals surface area contributed by atoms with Gasteiger partial charge in [-0.3, -0.25) is 0 Å². The minimum atomic E-state index is 0.725. The van der Waals surface area contributed by atoms with Crippen LogP contribution in [0.2, 0.25) is 0 Å². The van der Waals surface area contributed by atoms with E-state index in [0.717, 1.165) is 33.1 Å². The quantitative estimate of drug-likeness (QED) is 0.483. The van der Waals surface area contributed by atoms with E-state index in [2.05, 4.69) is 27.5 Å². The molecule has 0 saturated heterocycles. The first-order valence-electron chi connectivity index (χ1n) is 5.98. The van der Waals surface area contributed by atoms with Gasteiger partial charge in [0.25, 0.3) is 0 Å². The molecule has 2 aromatic heterocycles. The van der Waals surface area contributed by atoms with Gasteiger partial charge in [0.05, 0.1) is 11.0 Å². The predicted octanol–water partition coefficient (Wildman–Crippen LogP) is 3.44. The van der Waals surface area contributed by atoms with Crippen molar-refractivity contribution in [2.45, 2.75) is 0 Å². The monoisotopic (exact) mass is 247 g/mol. The van der Waals surface area contributed by atoms with E-state index in [4.69, 9.17) is 4.52 Å². The van der Waals surface area contributed by atoms with Gasteiger partial charge < -0.3 is 4.52 Å². The summed E-state index contributed by atoms with van der Waals surface area (Å²) in [7, 11) is 0. The van der Waals surface area contributed by atoms with Gasteiger partial charge in [-0.05, 0) is 18.2 Å². The van der Waals surface area contributed by atoms with Crippen molar-refractivity contribution in [3.05, 3.63) is 54.8 Å². The van der Waals surface area contributed by atoms with Crippen LogP contribution in [0.1, 0.15) is 0 Å². The van der Waals surface area contributed by atoms with Crippen molar-refractivity contribution in [1.29, 1.82) is 0 Å². The van der Waals surface area contributed by atoms with Gasteiger partial charge in [0.1, 0.15) is 5.69 Å². The van der Waals surface area contributed by atoms with Crippen LogP contribution in [0.25, 0.3) is 33.1 Å². The molecule has 0 aliphatic carbocycles. The molecule has 4 rings (SSSR count). The van der Waals surface area contributed by atoms with Crippen LogP contribution in [0.15, 0.2) is 59.3 Å². The number of nitrogens with zero attached hydrogens (tertiary/aromatic N) is 3. The number of aromatic nitrogens is 3. The van der Waals surface area contributed by atoms with Gasteiger partial charge >= 0.3 is 0 Å². The van der Waals surface area contributed by atoms with E-state index in [0.29, 0.717) is 0 Å². The Bertz CT molecular complexity index is 869. The number of pyridine rings is 1. The van der Waals surface area contributed by atoms with Crippen molar-refractivity contribution in [3.63, 3.8) is 0 Å². The van der Waals surface area contributed by atoms with Gasteiger partial charge in [0.2, 0.25) is 0 Å². The molecule has 0 N–H and O–H groups in total. The number of para-hydroxylation sites is 1. The maximum absolute atomic E-state index is 4.82. The molecule has 2 heterocycles. The van der Waals surface area contributed by atoms with Crippen molar-refractivity contribution in [2.75, 3.05) is 0 Å². The standard InChI is InChI=1S/C15H9N3O/c1-2-6-13-10(4-1)8-12-11(15-9-19-18-17-15)5-3-7-14(12)16-13/h1-9H. The fourth-order valence-corrected chi connectivity index (χ4v) is 2.30. The summed E-state index contributed by atoms with van der Waals surface area (Å²) in [6.45, 7) is 0. The van der Waals surface area contributed by atoms with Crippen molar-refractivity contribution in [2.24, 2.45) is 0 Å². The molecule has 4 heteroatoms. The summed E-state index contributed by atoms with van der Waals surface area (Å²) in [5.41, 5.74) is 3.64. The molecule has 0 aliphatic rings. The van der Waals surface area contributed by atoms with Crippen molar-refractivity contribution >= 4 is 21.8 Å². The maximum atomic E-state index is 4.82. The minimum absolute atomic E-state index is 0.725. The summed E-state index contributed by atoms with van der Waals surface area (Å²) in [6, 6.07) is 16.2. The minimum Gasteiger partial charge on any atom is -0.345 e. The van der Waals surface area contributed by atoms with Gasteiger partial charge in [-0.25, -0.2) is 4.98 Å². The maximum Gasteiger partial charge on any atom is 0.152 e. The molecule has 19 heavy (non-hydrogen) atoms. The lowest BCUT2D eigenvalue weighted by Gasteiger charge is -2.04. The van der Waals surface area contributed by atoms with Crippen LogP contribution >= 0.6 is 0 Å². The van der Waals surface area contributed by atoms with Crippen LogP contribution in [-0.4, -0.2) is 15.4 Å². The first kappa shape index (κ1) is 10.2. The summed E-state index contributed by atoms with van der Waals surface area (Å²) in [6.07, 6.45) is 1.55. The summed E-state index contributed by atoms with van der Waals surface area (Å²) < 4.78 is 4.82. The second kappa shape index (κ2) is 3.88. The first-order chi connectivity index (χ1) is 9.42. The molecule has 0 saturated carbocycles.